The van der Waals surface area contributed by atoms with Gasteiger partial charge < -0.3 is 13.7 Å². The molecule has 0 aliphatic rings. The second-order valence-electron chi connectivity index (χ2n) is 3.59. The van der Waals surface area contributed by atoms with Crippen molar-refractivity contribution >= 4 is 11.9 Å². The monoisotopic (exact) mass is 266 g/mol. The largest absolute Gasteiger partial charge is 0.462 e. The summed E-state index contributed by atoms with van der Waals surface area (Å²) in [6.07, 6.45) is 0. The van der Waals surface area contributed by atoms with E-state index in [1.165, 1.54) is 12.1 Å². The Hall–Kier alpha value is -2.64. The van der Waals surface area contributed by atoms with Crippen LogP contribution in [0.4, 0.5) is 5.88 Å². The lowest BCUT2D eigenvalue weighted by Crippen LogP contribution is -2.06. The number of carbonyl (C=O) groups is 1. The van der Waals surface area contributed by atoms with Gasteiger partial charge in [0.15, 0.2) is 5.76 Å². The van der Waals surface area contributed by atoms with E-state index < -0.39 is 16.8 Å². The normalized spacial score (nSPS) is 10.4. The van der Waals surface area contributed by atoms with Crippen molar-refractivity contribution in [2.45, 2.75) is 13.8 Å². The number of esters is 1. The Bertz CT molecular complexity index is 627. The molecule has 0 aromatic carbocycles. The molecule has 0 spiro atoms. The van der Waals surface area contributed by atoms with E-state index in [9.17, 15) is 14.9 Å². The van der Waals surface area contributed by atoms with Crippen LogP contribution < -0.4 is 0 Å². The number of furan rings is 1. The van der Waals surface area contributed by atoms with Crippen LogP contribution in [0.3, 0.4) is 0 Å². The van der Waals surface area contributed by atoms with E-state index in [-0.39, 0.29) is 23.7 Å². The molecular weight excluding hydrogens is 256 g/mol. The Morgan fingerprint density at radius 3 is 2.84 bits per heavy atom. The van der Waals surface area contributed by atoms with Crippen LogP contribution in [0, 0.1) is 17.0 Å². The summed E-state index contributed by atoms with van der Waals surface area (Å²) >= 11 is 0. The van der Waals surface area contributed by atoms with Gasteiger partial charge in [-0.05, 0) is 19.9 Å². The first-order valence-corrected chi connectivity index (χ1v) is 5.42. The van der Waals surface area contributed by atoms with Crippen molar-refractivity contribution < 1.29 is 23.4 Å². The zero-order valence-electron chi connectivity index (χ0n) is 10.2. The van der Waals surface area contributed by atoms with Gasteiger partial charge in [-0.1, -0.05) is 5.16 Å². The van der Waals surface area contributed by atoms with Gasteiger partial charge in [-0.2, -0.15) is 0 Å². The zero-order chi connectivity index (χ0) is 14.0. The quantitative estimate of drug-likeness (QED) is 0.474. The van der Waals surface area contributed by atoms with Gasteiger partial charge in [0.1, 0.15) is 10.5 Å². The van der Waals surface area contributed by atoms with Crippen LogP contribution in [-0.4, -0.2) is 22.7 Å². The van der Waals surface area contributed by atoms with Crippen LogP contribution in [0.5, 0.6) is 0 Å². The predicted octanol–water partition coefficient (Wildman–Crippen LogP) is 2.33. The molecule has 2 aromatic rings. The second-order valence-corrected chi connectivity index (χ2v) is 3.59. The minimum atomic E-state index is -0.684. The highest BCUT2D eigenvalue weighted by atomic mass is 16.6. The summed E-state index contributed by atoms with van der Waals surface area (Å²) in [5.41, 5.74) is 0.429. The third-order valence-electron chi connectivity index (χ3n) is 2.34. The summed E-state index contributed by atoms with van der Waals surface area (Å²) in [5.74, 6) is -0.992. The molecule has 0 aliphatic carbocycles. The summed E-state index contributed by atoms with van der Waals surface area (Å²) in [6, 6.07) is 2.50. The van der Waals surface area contributed by atoms with Crippen molar-refractivity contribution in [2.75, 3.05) is 6.61 Å². The van der Waals surface area contributed by atoms with Crippen LogP contribution in [0.1, 0.15) is 23.0 Å². The minimum absolute atomic E-state index is 0.0176. The van der Waals surface area contributed by atoms with Crippen molar-refractivity contribution in [2.24, 2.45) is 0 Å². The number of aromatic nitrogens is 1. The van der Waals surface area contributed by atoms with Gasteiger partial charge in [0.25, 0.3) is 0 Å². The van der Waals surface area contributed by atoms with Crippen molar-refractivity contribution in [3.63, 3.8) is 0 Å². The van der Waals surface area contributed by atoms with Gasteiger partial charge in [-0.3, -0.25) is 10.1 Å². The second kappa shape index (κ2) is 4.92. The molecule has 0 saturated carbocycles. The molecule has 0 bridgehead atoms. The first-order valence-electron chi connectivity index (χ1n) is 5.42. The predicted molar refractivity (Wildman–Crippen MR) is 61.6 cm³/mol. The Balaban J connectivity index is 2.44. The topological polar surface area (TPSA) is 109 Å². The van der Waals surface area contributed by atoms with Crippen LogP contribution in [0.25, 0.3) is 11.5 Å². The van der Waals surface area contributed by atoms with Gasteiger partial charge in [-0.15, -0.1) is 0 Å². The van der Waals surface area contributed by atoms with Crippen molar-refractivity contribution in [3.05, 3.63) is 33.5 Å². The summed E-state index contributed by atoms with van der Waals surface area (Å²) in [7, 11) is 0. The van der Waals surface area contributed by atoms with Gasteiger partial charge in [-0.25, -0.2) is 4.79 Å². The molecule has 0 unspecified atom stereocenters. The highest BCUT2D eigenvalue weighted by molar-refractivity contribution is 5.96. The Labute approximate surface area is 107 Å². The molecule has 8 nitrogen and oxygen atoms in total. The lowest BCUT2D eigenvalue weighted by atomic mass is 10.1. The molecule has 0 amide bonds. The molecule has 2 rings (SSSR count). The van der Waals surface area contributed by atoms with Gasteiger partial charge >= 0.3 is 11.9 Å². The summed E-state index contributed by atoms with van der Waals surface area (Å²) in [6.45, 7) is 3.43. The number of hydrogen-bond donors (Lipinski definition) is 0. The third-order valence-corrected chi connectivity index (χ3v) is 2.34. The van der Waals surface area contributed by atoms with Crippen molar-refractivity contribution in [3.8, 4) is 11.5 Å². The SMILES string of the molecule is CCOC(=O)c1c(C)noc1-c1ccc([N+](=O)[O-])o1. The number of aryl methyl sites for hydroxylation is 1. The van der Waals surface area contributed by atoms with E-state index in [2.05, 4.69) is 5.16 Å². The molecule has 0 N–H and O–H groups in total. The lowest BCUT2D eigenvalue weighted by molar-refractivity contribution is -0.401. The Kier molecular flexibility index (Phi) is 3.32. The summed E-state index contributed by atoms with van der Waals surface area (Å²) in [4.78, 5) is 21.6. The molecule has 2 heterocycles. The number of nitro groups is 1. The van der Waals surface area contributed by atoms with E-state index in [0.29, 0.717) is 5.69 Å². The maximum absolute atomic E-state index is 11.8. The summed E-state index contributed by atoms with van der Waals surface area (Å²) < 4.78 is 14.8. The highest BCUT2D eigenvalue weighted by Gasteiger charge is 2.26. The smallest absolute Gasteiger partial charge is 0.433 e. The fraction of sp³-hybridized carbons (Fsp3) is 0.273. The fourth-order valence-electron chi connectivity index (χ4n) is 1.53. The molecule has 0 atom stereocenters. The number of ether oxygens (including phenoxy) is 1. The maximum Gasteiger partial charge on any atom is 0.433 e. The van der Waals surface area contributed by atoms with Gasteiger partial charge in [0.05, 0.1) is 18.4 Å². The molecule has 0 aliphatic heterocycles. The number of nitrogens with zero attached hydrogens (tertiary/aromatic N) is 2. The lowest BCUT2D eigenvalue weighted by Gasteiger charge is -2.00. The molecule has 2 aromatic heterocycles. The van der Waals surface area contributed by atoms with E-state index >= 15 is 0 Å². The van der Waals surface area contributed by atoms with Gasteiger partial charge in [0.2, 0.25) is 5.76 Å². The Morgan fingerprint density at radius 2 is 2.26 bits per heavy atom. The first-order chi connectivity index (χ1) is 9.04. The Morgan fingerprint density at radius 1 is 1.53 bits per heavy atom. The fourth-order valence-corrected chi connectivity index (χ4v) is 1.53. The van der Waals surface area contributed by atoms with E-state index in [0.717, 1.165) is 0 Å². The molecule has 0 fully saturated rings. The summed E-state index contributed by atoms with van der Waals surface area (Å²) in [5, 5.41) is 14.2. The average molecular weight is 266 g/mol. The third kappa shape index (κ3) is 2.32. The van der Waals surface area contributed by atoms with Gasteiger partial charge in [0, 0.05) is 0 Å². The number of rotatable bonds is 4. The van der Waals surface area contributed by atoms with Crippen molar-refractivity contribution in [1.82, 2.24) is 5.16 Å². The molecule has 19 heavy (non-hydrogen) atoms. The van der Waals surface area contributed by atoms with E-state index in [1.54, 1.807) is 13.8 Å². The minimum Gasteiger partial charge on any atom is -0.462 e. The maximum atomic E-state index is 11.8. The molecule has 100 valence electrons. The molecule has 0 radical (unpaired) electrons. The number of hydrogen-bond acceptors (Lipinski definition) is 7. The highest BCUT2D eigenvalue weighted by Crippen LogP contribution is 2.30. The van der Waals surface area contributed by atoms with Crippen molar-refractivity contribution in [1.29, 1.82) is 0 Å². The zero-order valence-corrected chi connectivity index (χ0v) is 10.2. The van der Waals surface area contributed by atoms with E-state index in [4.69, 9.17) is 13.7 Å². The molecule has 0 saturated heterocycles. The van der Waals surface area contributed by atoms with Crippen LogP contribution in [0.15, 0.2) is 21.1 Å². The average Bonchev–Trinajstić information content (AvgIpc) is 2.95. The molecule has 8 heteroatoms. The number of carbonyl (C=O) groups excluding carboxylic acids is 1. The van der Waals surface area contributed by atoms with Crippen LogP contribution >= 0.6 is 0 Å². The molecular formula is C11H10N2O6. The van der Waals surface area contributed by atoms with E-state index in [1.807, 2.05) is 0 Å². The standard InChI is InChI=1S/C11H10N2O6/c1-3-17-11(14)9-6(2)12-19-10(9)7-4-5-8(18-7)13(15)16/h4-5H,3H2,1-2H3. The van der Waals surface area contributed by atoms with Crippen LogP contribution in [-0.2, 0) is 4.74 Å². The van der Waals surface area contributed by atoms with Crippen LogP contribution in [0.2, 0.25) is 0 Å². The first kappa shape index (κ1) is 12.8.